The Morgan fingerprint density at radius 3 is 2.81 bits per heavy atom. The summed E-state index contributed by atoms with van der Waals surface area (Å²) in [6.07, 6.45) is 4.03. The van der Waals surface area contributed by atoms with Gasteiger partial charge in [0, 0.05) is 34.4 Å². The molecule has 0 radical (unpaired) electrons. The summed E-state index contributed by atoms with van der Waals surface area (Å²) in [4.78, 5) is 4.16. The molecule has 0 amide bonds. The molecule has 2 atom stereocenters. The van der Waals surface area contributed by atoms with E-state index in [0.29, 0.717) is 23.1 Å². The molecule has 1 saturated heterocycles. The highest BCUT2D eigenvalue weighted by atomic mass is 35.5. The number of halogens is 2. The summed E-state index contributed by atoms with van der Waals surface area (Å²) < 4.78 is 12.0. The molecule has 0 saturated carbocycles. The fourth-order valence-corrected chi connectivity index (χ4v) is 2.97. The van der Waals surface area contributed by atoms with Gasteiger partial charge < -0.3 is 9.47 Å². The number of hydrogen-bond acceptors (Lipinski definition) is 3. The molecule has 21 heavy (non-hydrogen) atoms. The van der Waals surface area contributed by atoms with Crippen molar-refractivity contribution >= 4 is 23.2 Å². The maximum atomic E-state index is 6.28. The van der Waals surface area contributed by atoms with Crippen LogP contribution in [-0.2, 0) is 21.7 Å². The van der Waals surface area contributed by atoms with E-state index in [1.54, 1.807) is 18.5 Å². The van der Waals surface area contributed by atoms with Crippen LogP contribution in [0, 0.1) is 0 Å². The largest absolute Gasteiger partial charge is 0.343 e. The molecule has 1 aliphatic rings. The minimum Gasteiger partial charge on any atom is -0.343 e. The number of pyridine rings is 1. The maximum absolute atomic E-state index is 6.28. The molecular formula is C16H15Cl2NO2. The lowest BCUT2D eigenvalue weighted by Crippen LogP contribution is -2.31. The van der Waals surface area contributed by atoms with E-state index in [2.05, 4.69) is 4.98 Å². The molecule has 1 aliphatic heterocycles. The zero-order valence-corrected chi connectivity index (χ0v) is 13.1. The Hall–Kier alpha value is -1.13. The van der Waals surface area contributed by atoms with Gasteiger partial charge in [0.05, 0.1) is 12.7 Å². The van der Waals surface area contributed by atoms with Crippen LogP contribution in [0.3, 0.4) is 0 Å². The second kappa shape index (κ2) is 5.93. The number of nitrogens with zero attached hydrogens (tertiary/aromatic N) is 1. The number of rotatable bonds is 3. The maximum Gasteiger partial charge on any atom is 0.200 e. The minimum atomic E-state index is -0.842. The van der Waals surface area contributed by atoms with Gasteiger partial charge in [0.15, 0.2) is 0 Å². The third kappa shape index (κ3) is 3.06. The molecule has 1 aromatic heterocycles. The summed E-state index contributed by atoms with van der Waals surface area (Å²) in [5, 5.41) is 1.22. The average molecular weight is 324 g/mol. The summed E-state index contributed by atoms with van der Waals surface area (Å²) >= 11 is 12.2. The van der Waals surface area contributed by atoms with E-state index in [9.17, 15) is 0 Å². The SMILES string of the molecule is CC1COC(Cc2ccc(Cl)cc2Cl)(c2cccnc2)O1. The fourth-order valence-electron chi connectivity index (χ4n) is 2.49. The van der Waals surface area contributed by atoms with Crippen molar-refractivity contribution in [3.05, 3.63) is 63.9 Å². The molecule has 1 fully saturated rings. The molecule has 0 N–H and O–H groups in total. The molecule has 2 aromatic rings. The van der Waals surface area contributed by atoms with Crippen molar-refractivity contribution in [3.8, 4) is 0 Å². The molecule has 1 aromatic carbocycles. The first-order valence-electron chi connectivity index (χ1n) is 6.75. The Balaban J connectivity index is 1.97. The van der Waals surface area contributed by atoms with Gasteiger partial charge in [-0.3, -0.25) is 4.98 Å². The minimum absolute atomic E-state index is 0.0243. The number of aromatic nitrogens is 1. The monoisotopic (exact) mass is 323 g/mol. The Kier molecular flexibility index (Phi) is 4.18. The molecule has 3 nitrogen and oxygen atoms in total. The molecule has 110 valence electrons. The average Bonchev–Trinajstić information content (AvgIpc) is 2.86. The molecule has 2 heterocycles. The van der Waals surface area contributed by atoms with Gasteiger partial charge in [-0.05, 0) is 30.7 Å². The van der Waals surface area contributed by atoms with Gasteiger partial charge >= 0.3 is 0 Å². The van der Waals surface area contributed by atoms with Gasteiger partial charge in [-0.15, -0.1) is 0 Å². The Labute approximate surface area is 133 Å². The lowest BCUT2D eigenvalue weighted by molar-refractivity contribution is -0.174. The first-order chi connectivity index (χ1) is 10.1. The van der Waals surface area contributed by atoms with Gasteiger partial charge in [-0.1, -0.05) is 35.3 Å². The highest BCUT2D eigenvalue weighted by Crippen LogP contribution is 2.38. The molecule has 0 spiro atoms. The van der Waals surface area contributed by atoms with Crippen molar-refractivity contribution in [1.29, 1.82) is 0 Å². The highest BCUT2D eigenvalue weighted by molar-refractivity contribution is 6.35. The van der Waals surface area contributed by atoms with Crippen molar-refractivity contribution < 1.29 is 9.47 Å². The van der Waals surface area contributed by atoms with E-state index in [0.717, 1.165) is 11.1 Å². The van der Waals surface area contributed by atoms with Gasteiger partial charge in [0.1, 0.15) is 0 Å². The summed E-state index contributed by atoms with van der Waals surface area (Å²) in [5.74, 6) is -0.842. The first-order valence-corrected chi connectivity index (χ1v) is 7.51. The third-order valence-electron chi connectivity index (χ3n) is 3.48. The normalized spacial score (nSPS) is 25.2. The van der Waals surface area contributed by atoms with Crippen LogP contribution in [-0.4, -0.2) is 17.7 Å². The predicted molar refractivity (Wildman–Crippen MR) is 82.6 cm³/mol. The van der Waals surface area contributed by atoms with Gasteiger partial charge in [-0.25, -0.2) is 0 Å². The van der Waals surface area contributed by atoms with Crippen LogP contribution in [0.25, 0.3) is 0 Å². The highest BCUT2D eigenvalue weighted by Gasteiger charge is 2.42. The fraction of sp³-hybridized carbons (Fsp3) is 0.312. The zero-order valence-electron chi connectivity index (χ0n) is 11.6. The smallest absolute Gasteiger partial charge is 0.200 e. The zero-order chi connectivity index (χ0) is 14.9. The second-order valence-electron chi connectivity index (χ2n) is 5.15. The number of ether oxygens (including phenoxy) is 2. The molecule has 3 rings (SSSR count). The van der Waals surface area contributed by atoms with E-state index >= 15 is 0 Å². The lowest BCUT2D eigenvalue weighted by Gasteiger charge is -2.28. The Bertz CT molecular complexity index is 635. The van der Waals surface area contributed by atoms with Crippen molar-refractivity contribution in [2.45, 2.75) is 25.2 Å². The van der Waals surface area contributed by atoms with E-state index < -0.39 is 5.79 Å². The van der Waals surface area contributed by atoms with Gasteiger partial charge in [0.2, 0.25) is 5.79 Å². The summed E-state index contributed by atoms with van der Waals surface area (Å²) in [7, 11) is 0. The number of hydrogen-bond donors (Lipinski definition) is 0. The Morgan fingerprint density at radius 2 is 2.19 bits per heavy atom. The summed E-state index contributed by atoms with van der Waals surface area (Å²) in [5.41, 5.74) is 1.82. The number of benzene rings is 1. The van der Waals surface area contributed by atoms with Crippen molar-refractivity contribution in [1.82, 2.24) is 4.98 Å². The standard InChI is InChI=1S/C16H15Cl2NO2/c1-11-10-20-16(21-11,13-3-2-6-19-9-13)8-12-4-5-14(17)7-15(12)18/h2-7,9,11H,8,10H2,1H3. The van der Waals surface area contributed by atoms with Crippen LogP contribution in [0.15, 0.2) is 42.7 Å². The topological polar surface area (TPSA) is 31.4 Å². The quantitative estimate of drug-likeness (QED) is 0.847. The van der Waals surface area contributed by atoms with E-state index in [1.165, 1.54) is 0 Å². The van der Waals surface area contributed by atoms with Crippen LogP contribution in [0.5, 0.6) is 0 Å². The molecular weight excluding hydrogens is 309 g/mol. The lowest BCUT2D eigenvalue weighted by atomic mass is 9.99. The van der Waals surface area contributed by atoms with Crippen molar-refractivity contribution in [3.63, 3.8) is 0 Å². The molecule has 0 bridgehead atoms. The summed E-state index contributed by atoms with van der Waals surface area (Å²) in [6, 6.07) is 9.27. The van der Waals surface area contributed by atoms with Crippen molar-refractivity contribution in [2.75, 3.05) is 6.61 Å². The summed E-state index contributed by atoms with van der Waals surface area (Å²) in [6.45, 7) is 2.53. The van der Waals surface area contributed by atoms with Gasteiger partial charge in [0.25, 0.3) is 0 Å². The van der Waals surface area contributed by atoms with Crippen molar-refractivity contribution in [2.24, 2.45) is 0 Å². The van der Waals surface area contributed by atoms with Crippen LogP contribution < -0.4 is 0 Å². The van der Waals surface area contributed by atoms with E-state index in [-0.39, 0.29) is 6.10 Å². The molecule has 0 aliphatic carbocycles. The van der Waals surface area contributed by atoms with Crippen LogP contribution in [0.1, 0.15) is 18.1 Å². The van der Waals surface area contributed by atoms with Gasteiger partial charge in [-0.2, -0.15) is 0 Å². The second-order valence-corrected chi connectivity index (χ2v) is 5.99. The molecule has 5 heteroatoms. The van der Waals surface area contributed by atoms with Crippen LogP contribution in [0.2, 0.25) is 10.0 Å². The predicted octanol–water partition coefficient (Wildman–Crippen LogP) is 4.22. The Morgan fingerprint density at radius 1 is 1.33 bits per heavy atom. The molecule has 2 unspecified atom stereocenters. The van der Waals surface area contributed by atoms with E-state index in [1.807, 2.05) is 31.2 Å². The van der Waals surface area contributed by atoms with E-state index in [4.69, 9.17) is 32.7 Å². The third-order valence-corrected chi connectivity index (χ3v) is 4.07. The first kappa shape index (κ1) is 14.8. The van der Waals surface area contributed by atoms with Crippen LogP contribution in [0.4, 0.5) is 0 Å². The van der Waals surface area contributed by atoms with Crippen LogP contribution >= 0.6 is 23.2 Å².